The first-order chi connectivity index (χ1) is 10.6. The summed E-state index contributed by atoms with van der Waals surface area (Å²) in [7, 11) is 0. The number of carboxylic acids is 1. The highest BCUT2D eigenvalue weighted by Gasteiger charge is 2.17. The highest BCUT2D eigenvalue weighted by Crippen LogP contribution is 2.21. The van der Waals surface area contributed by atoms with Gasteiger partial charge in [0, 0.05) is 0 Å². The lowest BCUT2D eigenvalue weighted by Crippen LogP contribution is -2.02. The van der Waals surface area contributed by atoms with E-state index in [-0.39, 0.29) is 18.1 Å². The topological polar surface area (TPSA) is 84.1 Å². The number of aromatic carboxylic acids is 1. The molecule has 0 fully saturated rings. The molecule has 0 saturated carbocycles. The van der Waals surface area contributed by atoms with Crippen molar-refractivity contribution in [2.75, 3.05) is 0 Å². The average Bonchev–Trinajstić information content (AvgIpc) is 2.84. The molecule has 0 aliphatic carbocycles. The number of carbonyl (C=O) groups is 1. The summed E-state index contributed by atoms with van der Waals surface area (Å²) < 4.78 is 7.23. The normalized spacial score (nSPS) is 10.8. The van der Waals surface area contributed by atoms with Crippen LogP contribution in [0.5, 0.6) is 11.5 Å². The first-order valence-electron chi connectivity index (χ1n) is 6.68. The Labute approximate surface area is 126 Å². The zero-order valence-corrected chi connectivity index (χ0v) is 11.9. The molecule has 2 heterocycles. The molecule has 0 aliphatic rings. The van der Waals surface area contributed by atoms with Crippen molar-refractivity contribution >= 4 is 11.5 Å². The van der Waals surface area contributed by atoms with E-state index in [0.29, 0.717) is 17.1 Å². The maximum Gasteiger partial charge on any atom is 0.356 e. The number of hydrogen-bond acceptors (Lipinski definition) is 4. The van der Waals surface area contributed by atoms with Crippen molar-refractivity contribution in [3.8, 4) is 11.5 Å². The largest absolute Gasteiger partial charge is 0.506 e. The smallest absolute Gasteiger partial charge is 0.356 e. The van der Waals surface area contributed by atoms with Gasteiger partial charge in [0.05, 0.1) is 11.7 Å². The van der Waals surface area contributed by atoms with Crippen LogP contribution in [0.15, 0.2) is 42.6 Å². The van der Waals surface area contributed by atoms with E-state index < -0.39 is 5.97 Å². The van der Waals surface area contributed by atoms with Gasteiger partial charge in [-0.25, -0.2) is 9.78 Å². The van der Waals surface area contributed by atoms with E-state index in [9.17, 15) is 15.0 Å². The van der Waals surface area contributed by atoms with Crippen LogP contribution in [0.25, 0.3) is 5.52 Å². The van der Waals surface area contributed by atoms with Gasteiger partial charge in [0.15, 0.2) is 11.5 Å². The lowest BCUT2D eigenvalue weighted by Gasteiger charge is -2.08. The Hall–Kier alpha value is -3.02. The van der Waals surface area contributed by atoms with Crippen LogP contribution in [0.4, 0.5) is 0 Å². The van der Waals surface area contributed by atoms with E-state index in [1.165, 1.54) is 22.7 Å². The lowest BCUT2D eigenvalue weighted by atomic mass is 10.2. The number of aromatic nitrogens is 2. The van der Waals surface area contributed by atoms with Crippen molar-refractivity contribution in [1.82, 2.24) is 9.38 Å². The second kappa shape index (κ2) is 5.40. The molecule has 6 nitrogen and oxygen atoms in total. The minimum atomic E-state index is -1.12. The average molecular weight is 298 g/mol. The van der Waals surface area contributed by atoms with Gasteiger partial charge in [-0.3, -0.25) is 4.40 Å². The molecule has 0 radical (unpaired) electrons. The highest BCUT2D eigenvalue weighted by atomic mass is 16.5. The molecule has 0 spiro atoms. The van der Waals surface area contributed by atoms with Gasteiger partial charge in [-0.2, -0.15) is 0 Å². The zero-order valence-electron chi connectivity index (χ0n) is 11.9. The summed E-state index contributed by atoms with van der Waals surface area (Å²) in [6.45, 7) is 2.02. The number of carboxylic acid groups (broad SMARTS) is 1. The van der Waals surface area contributed by atoms with Crippen LogP contribution in [0, 0.1) is 6.92 Å². The van der Waals surface area contributed by atoms with E-state index in [1.54, 1.807) is 0 Å². The summed E-state index contributed by atoms with van der Waals surface area (Å²) in [6.07, 6.45) is 1.42. The number of hydrogen-bond donors (Lipinski definition) is 2. The minimum Gasteiger partial charge on any atom is -0.506 e. The number of para-hydroxylation sites is 1. The Balaban J connectivity index is 1.98. The predicted molar refractivity (Wildman–Crippen MR) is 79.3 cm³/mol. The predicted octanol–water partition coefficient (Wildman–Crippen LogP) is 2.63. The van der Waals surface area contributed by atoms with Gasteiger partial charge < -0.3 is 14.9 Å². The molecular formula is C16H14N2O4. The first-order valence-corrected chi connectivity index (χ1v) is 6.68. The Morgan fingerprint density at radius 1 is 1.27 bits per heavy atom. The maximum atomic E-state index is 11.3. The standard InChI is InChI=1S/C16H14N2O4/c1-10-4-2-3-5-13(10)22-9-14-17-15(16(20)21)12-7-6-11(19)8-18(12)14/h2-8,19H,9H2,1H3,(H,20,21). The molecule has 3 rings (SSSR count). The van der Waals surface area contributed by atoms with Gasteiger partial charge in [-0.1, -0.05) is 18.2 Å². The second-order valence-corrected chi connectivity index (χ2v) is 4.88. The van der Waals surface area contributed by atoms with Crippen LogP contribution in [0.2, 0.25) is 0 Å². The summed E-state index contributed by atoms with van der Waals surface area (Å²) >= 11 is 0. The van der Waals surface area contributed by atoms with E-state index >= 15 is 0 Å². The third-order valence-corrected chi connectivity index (χ3v) is 3.35. The van der Waals surface area contributed by atoms with E-state index in [4.69, 9.17) is 4.74 Å². The number of nitrogens with zero attached hydrogens (tertiary/aromatic N) is 2. The fourth-order valence-corrected chi connectivity index (χ4v) is 2.26. The number of imidazole rings is 1. The van der Waals surface area contributed by atoms with Crippen LogP contribution in [-0.4, -0.2) is 25.6 Å². The molecule has 0 bridgehead atoms. The van der Waals surface area contributed by atoms with Crippen LogP contribution in [0.3, 0.4) is 0 Å². The van der Waals surface area contributed by atoms with Gasteiger partial charge >= 0.3 is 5.97 Å². The van der Waals surface area contributed by atoms with Crippen molar-refractivity contribution < 1.29 is 19.7 Å². The van der Waals surface area contributed by atoms with Crippen LogP contribution in [-0.2, 0) is 6.61 Å². The molecule has 2 N–H and O–H groups in total. The minimum absolute atomic E-state index is 0.0268. The molecule has 0 amide bonds. The van der Waals surface area contributed by atoms with Crippen LogP contribution in [0.1, 0.15) is 21.9 Å². The number of pyridine rings is 1. The quantitative estimate of drug-likeness (QED) is 0.773. The fourth-order valence-electron chi connectivity index (χ4n) is 2.26. The summed E-state index contributed by atoms with van der Waals surface area (Å²) in [5.74, 6) is 0.0205. The fraction of sp³-hybridized carbons (Fsp3) is 0.125. The number of aromatic hydroxyl groups is 1. The van der Waals surface area contributed by atoms with Gasteiger partial charge in [0.1, 0.15) is 18.1 Å². The zero-order chi connectivity index (χ0) is 15.7. The summed E-state index contributed by atoms with van der Waals surface area (Å²) in [5.41, 5.74) is 1.32. The molecule has 0 atom stereocenters. The Morgan fingerprint density at radius 3 is 2.77 bits per heavy atom. The third kappa shape index (κ3) is 2.46. The molecule has 0 unspecified atom stereocenters. The first kappa shape index (κ1) is 13.9. The van der Waals surface area contributed by atoms with Gasteiger partial charge in [0.2, 0.25) is 0 Å². The Kier molecular flexibility index (Phi) is 3.42. The number of rotatable bonds is 4. The molecule has 2 aromatic heterocycles. The van der Waals surface area contributed by atoms with E-state index in [2.05, 4.69) is 4.98 Å². The number of ether oxygens (including phenoxy) is 1. The number of fused-ring (bicyclic) bond motifs is 1. The second-order valence-electron chi connectivity index (χ2n) is 4.88. The Morgan fingerprint density at radius 2 is 2.05 bits per heavy atom. The lowest BCUT2D eigenvalue weighted by molar-refractivity contribution is 0.0693. The van der Waals surface area contributed by atoms with E-state index in [0.717, 1.165) is 5.56 Å². The van der Waals surface area contributed by atoms with Gasteiger partial charge in [-0.15, -0.1) is 0 Å². The molecule has 0 saturated heterocycles. The van der Waals surface area contributed by atoms with Crippen LogP contribution < -0.4 is 4.74 Å². The number of aryl methyl sites for hydroxylation is 1. The molecular weight excluding hydrogens is 284 g/mol. The van der Waals surface area contributed by atoms with Crippen molar-refractivity contribution in [2.45, 2.75) is 13.5 Å². The number of benzene rings is 1. The summed E-state index contributed by atoms with van der Waals surface area (Å²) in [6, 6.07) is 10.5. The van der Waals surface area contributed by atoms with Crippen molar-refractivity contribution in [1.29, 1.82) is 0 Å². The SMILES string of the molecule is Cc1ccccc1OCc1nc(C(=O)O)c2ccc(O)cn12. The molecule has 3 aromatic rings. The molecule has 1 aromatic carbocycles. The monoisotopic (exact) mass is 298 g/mol. The molecule has 112 valence electrons. The van der Waals surface area contributed by atoms with Crippen LogP contribution >= 0.6 is 0 Å². The molecule has 22 heavy (non-hydrogen) atoms. The Bertz CT molecular complexity index is 854. The molecule has 6 heteroatoms. The highest BCUT2D eigenvalue weighted by molar-refractivity contribution is 5.93. The van der Waals surface area contributed by atoms with Crippen molar-refractivity contribution in [3.63, 3.8) is 0 Å². The summed E-state index contributed by atoms with van der Waals surface area (Å²) in [5, 5.41) is 18.8. The molecule has 0 aliphatic heterocycles. The van der Waals surface area contributed by atoms with E-state index in [1.807, 2.05) is 31.2 Å². The van der Waals surface area contributed by atoms with Gasteiger partial charge in [-0.05, 0) is 30.7 Å². The van der Waals surface area contributed by atoms with Crippen molar-refractivity contribution in [3.05, 3.63) is 59.7 Å². The summed E-state index contributed by atoms with van der Waals surface area (Å²) in [4.78, 5) is 15.4. The third-order valence-electron chi connectivity index (χ3n) is 3.35. The maximum absolute atomic E-state index is 11.3. The van der Waals surface area contributed by atoms with Crippen molar-refractivity contribution in [2.24, 2.45) is 0 Å². The van der Waals surface area contributed by atoms with Gasteiger partial charge in [0.25, 0.3) is 0 Å².